The molecule has 1 N–H and O–H groups in total. The number of rotatable bonds is 6. The Morgan fingerprint density at radius 2 is 2.00 bits per heavy atom. The van der Waals surface area contributed by atoms with Crippen molar-refractivity contribution in [1.29, 1.82) is 0 Å². The molecule has 16 heavy (non-hydrogen) atoms. The van der Waals surface area contributed by atoms with Gasteiger partial charge in [0, 0.05) is 25.8 Å². The van der Waals surface area contributed by atoms with Gasteiger partial charge in [0.05, 0.1) is 0 Å². The average Bonchev–Trinajstić information content (AvgIpc) is 2.27. The zero-order valence-electron chi connectivity index (χ0n) is 9.96. The third kappa shape index (κ3) is 4.03. The minimum atomic E-state index is -0.205. The second kappa shape index (κ2) is 6.28. The Hall–Kier alpha value is -1.35. The third-order valence-electron chi connectivity index (χ3n) is 2.35. The van der Waals surface area contributed by atoms with E-state index in [1.54, 1.807) is 12.1 Å². The molecule has 0 heterocycles. The van der Waals surface area contributed by atoms with E-state index in [1.807, 2.05) is 7.05 Å². The Labute approximate surface area is 96.8 Å². The minimum Gasteiger partial charge on any atom is -0.371 e. The topological polar surface area (TPSA) is 15.3 Å². The number of benzene rings is 1. The number of anilines is 1. The number of halogens is 1. The van der Waals surface area contributed by atoms with Crippen LogP contribution in [0.25, 0.3) is 0 Å². The van der Waals surface area contributed by atoms with Crippen LogP contribution in [-0.4, -0.2) is 26.7 Å². The van der Waals surface area contributed by atoms with Crippen LogP contribution in [0.4, 0.5) is 10.1 Å². The lowest BCUT2D eigenvalue weighted by molar-refractivity contribution is 0.627. The number of nitrogens with zero attached hydrogens (tertiary/aromatic N) is 1. The molecule has 2 nitrogen and oxygen atoms in total. The maximum atomic E-state index is 12.7. The fourth-order valence-corrected chi connectivity index (χ4v) is 1.48. The van der Waals surface area contributed by atoms with Crippen LogP contribution in [0.5, 0.6) is 0 Å². The summed E-state index contributed by atoms with van der Waals surface area (Å²) in [5.74, 6) is -0.205. The van der Waals surface area contributed by atoms with Crippen LogP contribution >= 0.6 is 0 Å². The zero-order chi connectivity index (χ0) is 12.0. The fourth-order valence-electron chi connectivity index (χ4n) is 1.48. The van der Waals surface area contributed by atoms with Crippen molar-refractivity contribution in [2.24, 2.45) is 0 Å². The van der Waals surface area contributed by atoms with Gasteiger partial charge in [-0.2, -0.15) is 0 Å². The monoisotopic (exact) mass is 222 g/mol. The molecule has 0 aliphatic heterocycles. The number of nitrogens with one attached hydrogen (secondary N) is 1. The average molecular weight is 222 g/mol. The van der Waals surface area contributed by atoms with Crippen molar-refractivity contribution >= 4 is 5.69 Å². The lowest BCUT2D eigenvalue weighted by atomic mass is 10.2. The molecule has 0 atom stereocenters. The first-order valence-corrected chi connectivity index (χ1v) is 5.47. The Morgan fingerprint density at radius 1 is 1.38 bits per heavy atom. The molecule has 1 aromatic carbocycles. The molecule has 0 aromatic heterocycles. The fraction of sp³-hybridized carbons (Fsp3) is 0.385. The highest BCUT2D eigenvalue weighted by Gasteiger charge is 2.02. The van der Waals surface area contributed by atoms with Crippen molar-refractivity contribution in [3.63, 3.8) is 0 Å². The standard InChI is InChI=1S/C13H19FN2/c1-4-15-9-11(2)10-16(3)13-7-5-12(14)6-8-13/h5-8,15H,2,4,9-10H2,1,3H3. The van der Waals surface area contributed by atoms with Crippen LogP contribution in [0, 0.1) is 5.82 Å². The SMILES string of the molecule is C=C(CNCC)CN(C)c1ccc(F)cc1. The predicted molar refractivity (Wildman–Crippen MR) is 67.4 cm³/mol. The van der Waals surface area contributed by atoms with Gasteiger partial charge in [-0.25, -0.2) is 4.39 Å². The molecule has 3 heteroatoms. The molecule has 0 unspecified atom stereocenters. The van der Waals surface area contributed by atoms with Gasteiger partial charge >= 0.3 is 0 Å². The Bertz CT molecular complexity index is 332. The van der Waals surface area contributed by atoms with E-state index in [2.05, 4.69) is 23.7 Å². The number of hydrogen-bond acceptors (Lipinski definition) is 2. The lowest BCUT2D eigenvalue weighted by Gasteiger charge is -2.20. The molecule has 0 aliphatic rings. The van der Waals surface area contributed by atoms with E-state index in [0.29, 0.717) is 0 Å². The van der Waals surface area contributed by atoms with Gasteiger partial charge in [-0.1, -0.05) is 13.5 Å². The van der Waals surface area contributed by atoms with Gasteiger partial charge in [0.1, 0.15) is 5.82 Å². The Balaban J connectivity index is 2.48. The van der Waals surface area contributed by atoms with Gasteiger partial charge in [0.25, 0.3) is 0 Å². The summed E-state index contributed by atoms with van der Waals surface area (Å²) in [6.45, 7) is 8.61. The molecule has 0 saturated heterocycles. The highest BCUT2D eigenvalue weighted by molar-refractivity contribution is 5.46. The first-order chi connectivity index (χ1) is 7.63. The lowest BCUT2D eigenvalue weighted by Crippen LogP contribution is -2.25. The summed E-state index contributed by atoms with van der Waals surface area (Å²) in [5.41, 5.74) is 2.12. The molecular weight excluding hydrogens is 203 g/mol. The zero-order valence-corrected chi connectivity index (χ0v) is 9.96. The third-order valence-corrected chi connectivity index (χ3v) is 2.35. The normalized spacial score (nSPS) is 10.2. The van der Waals surface area contributed by atoms with Crippen molar-refractivity contribution in [2.45, 2.75) is 6.92 Å². The van der Waals surface area contributed by atoms with Crippen molar-refractivity contribution in [1.82, 2.24) is 5.32 Å². The van der Waals surface area contributed by atoms with Crippen LogP contribution in [0.1, 0.15) is 6.92 Å². The van der Waals surface area contributed by atoms with Crippen LogP contribution in [0.2, 0.25) is 0 Å². The summed E-state index contributed by atoms with van der Waals surface area (Å²) >= 11 is 0. The minimum absolute atomic E-state index is 0.205. The maximum absolute atomic E-state index is 12.7. The Morgan fingerprint density at radius 3 is 2.56 bits per heavy atom. The first-order valence-electron chi connectivity index (χ1n) is 5.47. The second-order valence-corrected chi connectivity index (χ2v) is 3.86. The molecule has 88 valence electrons. The second-order valence-electron chi connectivity index (χ2n) is 3.86. The molecule has 0 bridgehead atoms. The van der Waals surface area contributed by atoms with Crippen molar-refractivity contribution < 1.29 is 4.39 Å². The van der Waals surface area contributed by atoms with Gasteiger partial charge in [-0.3, -0.25) is 0 Å². The Kier molecular flexibility index (Phi) is 4.99. The summed E-state index contributed by atoms with van der Waals surface area (Å²) in [6.07, 6.45) is 0. The van der Waals surface area contributed by atoms with E-state index < -0.39 is 0 Å². The van der Waals surface area contributed by atoms with Gasteiger partial charge in [-0.15, -0.1) is 0 Å². The molecule has 0 spiro atoms. The summed E-state index contributed by atoms with van der Waals surface area (Å²) < 4.78 is 12.7. The van der Waals surface area contributed by atoms with Gasteiger partial charge < -0.3 is 10.2 Å². The molecule has 0 saturated carbocycles. The van der Waals surface area contributed by atoms with Crippen LogP contribution in [0.15, 0.2) is 36.4 Å². The summed E-state index contributed by atoms with van der Waals surface area (Å²) in [4.78, 5) is 2.05. The van der Waals surface area contributed by atoms with E-state index >= 15 is 0 Å². The molecule has 0 amide bonds. The molecule has 0 radical (unpaired) electrons. The largest absolute Gasteiger partial charge is 0.371 e. The van der Waals surface area contributed by atoms with E-state index in [-0.39, 0.29) is 5.82 Å². The maximum Gasteiger partial charge on any atom is 0.123 e. The molecule has 1 aromatic rings. The number of hydrogen-bond donors (Lipinski definition) is 1. The van der Waals surface area contributed by atoms with Crippen LogP contribution < -0.4 is 10.2 Å². The molecular formula is C13H19FN2. The van der Waals surface area contributed by atoms with Crippen LogP contribution in [0.3, 0.4) is 0 Å². The highest BCUT2D eigenvalue weighted by atomic mass is 19.1. The van der Waals surface area contributed by atoms with E-state index in [0.717, 1.165) is 30.9 Å². The summed E-state index contributed by atoms with van der Waals surface area (Å²) in [7, 11) is 1.98. The van der Waals surface area contributed by atoms with Crippen LogP contribution in [-0.2, 0) is 0 Å². The first kappa shape index (κ1) is 12.7. The van der Waals surface area contributed by atoms with Crippen molar-refractivity contribution in [3.8, 4) is 0 Å². The van der Waals surface area contributed by atoms with Crippen molar-refractivity contribution in [3.05, 3.63) is 42.2 Å². The predicted octanol–water partition coefficient (Wildman–Crippen LogP) is 2.43. The van der Waals surface area contributed by atoms with Gasteiger partial charge in [-0.05, 0) is 36.4 Å². The quantitative estimate of drug-likeness (QED) is 0.744. The van der Waals surface area contributed by atoms with Gasteiger partial charge in [0.15, 0.2) is 0 Å². The molecule has 0 fully saturated rings. The smallest absolute Gasteiger partial charge is 0.123 e. The molecule has 0 aliphatic carbocycles. The number of likely N-dealkylation sites (N-methyl/N-ethyl adjacent to an activating group) is 2. The summed E-state index contributed by atoms with van der Waals surface area (Å²) in [6, 6.07) is 6.49. The van der Waals surface area contributed by atoms with E-state index in [1.165, 1.54) is 12.1 Å². The van der Waals surface area contributed by atoms with Crippen molar-refractivity contribution in [2.75, 3.05) is 31.6 Å². The summed E-state index contributed by atoms with van der Waals surface area (Å²) in [5, 5.41) is 3.23. The molecule has 1 rings (SSSR count). The van der Waals surface area contributed by atoms with E-state index in [4.69, 9.17) is 0 Å². The highest BCUT2D eigenvalue weighted by Crippen LogP contribution is 2.13. The van der Waals surface area contributed by atoms with Gasteiger partial charge in [0.2, 0.25) is 0 Å². The van der Waals surface area contributed by atoms with E-state index in [9.17, 15) is 4.39 Å².